The Labute approximate surface area is 594 Å². The maximum atomic E-state index is 13.1. The molecule has 0 spiro atoms. The first-order valence-electron chi connectivity index (χ1n) is 40.2. The zero-order valence-electron chi connectivity index (χ0n) is 63.7. The van der Waals surface area contributed by atoms with Crippen LogP contribution >= 0.6 is 15.6 Å². The maximum absolute atomic E-state index is 13.1. The molecular formula is C78H152O17P2. The molecule has 0 bridgehead atoms. The lowest BCUT2D eigenvalue weighted by atomic mass is 9.99. The van der Waals surface area contributed by atoms with Crippen LogP contribution in [-0.2, 0) is 65.4 Å². The molecule has 19 heteroatoms. The van der Waals surface area contributed by atoms with E-state index < -0.39 is 97.5 Å². The van der Waals surface area contributed by atoms with Gasteiger partial charge in [0.2, 0.25) is 0 Å². The molecule has 97 heavy (non-hydrogen) atoms. The number of rotatable bonds is 75. The van der Waals surface area contributed by atoms with E-state index in [2.05, 4.69) is 55.4 Å². The van der Waals surface area contributed by atoms with Gasteiger partial charge in [0.1, 0.15) is 19.3 Å². The van der Waals surface area contributed by atoms with Crippen molar-refractivity contribution in [3.63, 3.8) is 0 Å². The van der Waals surface area contributed by atoms with Gasteiger partial charge in [-0.2, -0.15) is 0 Å². The van der Waals surface area contributed by atoms with Crippen molar-refractivity contribution in [3.05, 3.63) is 0 Å². The van der Waals surface area contributed by atoms with Gasteiger partial charge in [0.25, 0.3) is 0 Å². The van der Waals surface area contributed by atoms with E-state index in [0.29, 0.717) is 25.7 Å². The van der Waals surface area contributed by atoms with Crippen LogP contribution in [0.5, 0.6) is 0 Å². The summed E-state index contributed by atoms with van der Waals surface area (Å²) in [5.74, 6) is 0.998. The number of phosphoric ester groups is 2. The standard InChI is InChI=1S/C78H152O17P2/c1-9-71(8)57-49-41-33-25-19-20-28-37-45-53-61-78(83)95-74(65-89-76(81)59-51-43-35-29-21-24-32-40-48-56-70(6)7)67-93-97(86,87)91-63-72(79)62-90-96(84,85)92-66-73(64-88-75(80)58-50-42-34-26-17-14-13-16-23-31-39-47-55-69(4)5)94-77(82)60-52-44-36-27-18-12-10-11-15-22-30-38-46-54-68(2)3/h68-74,79H,9-67H2,1-8H3,(H,84,85)(H,86,87)/t71?,72-,73-,74-/m1/s1. The summed E-state index contributed by atoms with van der Waals surface area (Å²) in [4.78, 5) is 73.0. The highest BCUT2D eigenvalue weighted by molar-refractivity contribution is 7.47. The lowest BCUT2D eigenvalue weighted by Gasteiger charge is -2.21. The van der Waals surface area contributed by atoms with Crippen LogP contribution < -0.4 is 0 Å². The van der Waals surface area contributed by atoms with Gasteiger partial charge in [0, 0.05) is 25.7 Å². The summed E-state index contributed by atoms with van der Waals surface area (Å²) in [5.41, 5.74) is 0. The average Bonchev–Trinajstić information content (AvgIpc) is 1.59. The van der Waals surface area contributed by atoms with E-state index in [1.807, 2.05) is 0 Å². The monoisotopic (exact) mass is 1420 g/mol. The fourth-order valence-corrected chi connectivity index (χ4v) is 13.5. The summed E-state index contributed by atoms with van der Waals surface area (Å²) in [5, 5.41) is 10.6. The van der Waals surface area contributed by atoms with E-state index in [0.717, 1.165) is 114 Å². The van der Waals surface area contributed by atoms with Crippen LogP contribution in [0.3, 0.4) is 0 Å². The van der Waals surface area contributed by atoms with E-state index >= 15 is 0 Å². The van der Waals surface area contributed by atoms with E-state index in [1.54, 1.807) is 0 Å². The number of hydrogen-bond acceptors (Lipinski definition) is 15. The van der Waals surface area contributed by atoms with Gasteiger partial charge in [-0.05, 0) is 49.4 Å². The average molecular weight is 1420 g/mol. The summed E-state index contributed by atoms with van der Waals surface area (Å²) >= 11 is 0. The van der Waals surface area contributed by atoms with Crippen molar-refractivity contribution >= 4 is 39.5 Å². The topological polar surface area (TPSA) is 237 Å². The van der Waals surface area contributed by atoms with Crippen LogP contribution in [0.15, 0.2) is 0 Å². The van der Waals surface area contributed by atoms with Gasteiger partial charge in [0.05, 0.1) is 26.4 Å². The number of ether oxygens (including phenoxy) is 4. The molecule has 17 nitrogen and oxygen atoms in total. The highest BCUT2D eigenvalue weighted by atomic mass is 31.2. The number of unbranched alkanes of at least 4 members (excludes halogenated alkanes) is 40. The van der Waals surface area contributed by atoms with Crippen LogP contribution in [0.2, 0.25) is 0 Å². The van der Waals surface area contributed by atoms with Gasteiger partial charge in [-0.25, -0.2) is 9.13 Å². The third-order valence-electron chi connectivity index (χ3n) is 18.4. The van der Waals surface area contributed by atoms with Crippen LogP contribution in [0.4, 0.5) is 0 Å². The molecule has 0 amide bonds. The molecule has 576 valence electrons. The molecule has 0 aromatic heterocycles. The molecule has 0 saturated carbocycles. The predicted octanol–water partition coefficient (Wildman–Crippen LogP) is 22.8. The molecule has 0 fully saturated rings. The number of carbonyl (C=O) groups is 4. The number of hydrogen-bond donors (Lipinski definition) is 3. The molecular weight excluding hydrogens is 1270 g/mol. The SMILES string of the molecule is CCC(C)CCCCCCCCCCCCC(=O)O[C@H](COC(=O)CCCCCCCCCCCC(C)C)COP(=O)(O)OC[C@H](O)COP(=O)(O)OC[C@@H](COC(=O)CCCCCCCCCCCCCCC(C)C)OC(=O)CCCCCCCCCCCCCCCC(C)C. The molecule has 0 rings (SSSR count). The molecule has 0 saturated heterocycles. The number of carbonyl (C=O) groups excluding carboxylic acids is 4. The molecule has 3 N–H and O–H groups in total. The normalized spacial score (nSPS) is 14.4. The summed E-state index contributed by atoms with van der Waals surface area (Å²) in [6, 6.07) is 0. The Kier molecular flexibility index (Phi) is 65.9. The fraction of sp³-hybridized carbons (Fsp3) is 0.949. The second kappa shape index (κ2) is 67.2. The lowest BCUT2D eigenvalue weighted by Crippen LogP contribution is -2.30. The zero-order valence-corrected chi connectivity index (χ0v) is 65.5. The Morgan fingerprint density at radius 3 is 0.732 bits per heavy atom. The van der Waals surface area contributed by atoms with Crippen molar-refractivity contribution in [2.45, 2.75) is 414 Å². The molecule has 3 unspecified atom stereocenters. The van der Waals surface area contributed by atoms with Gasteiger partial charge < -0.3 is 33.8 Å². The summed E-state index contributed by atoms with van der Waals surface area (Å²) in [6.45, 7) is 14.3. The predicted molar refractivity (Wildman–Crippen MR) is 395 cm³/mol. The first-order valence-corrected chi connectivity index (χ1v) is 43.2. The van der Waals surface area contributed by atoms with Crippen molar-refractivity contribution in [2.75, 3.05) is 39.6 Å². The van der Waals surface area contributed by atoms with Crippen LogP contribution in [0, 0.1) is 23.7 Å². The highest BCUT2D eigenvalue weighted by Crippen LogP contribution is 2.45. The molecule has 0 radical (unpaired) electrons. The summed E-state index contributed by atoms with van der Waals surface area (Å²) in [7, 11) is -9.92. The molecule has 6 atom stereocenters. The zero-order chi connectivity index (χ0) is 71.7. The summed E-state index contributed by atoms with van der Waals surface area (Å²) < 4.78 is 68.6. The second-order valence-corrected chi connectivity index (χ2v) is 32.7. The Balaban J connectivity index is 5.28. The minimum atomic E-state index is -4.96. The smallest absolute Gasteiger partial charge is 0.462 e. The first kappa shape index (κ1) is 95.1. The van der Waals surface area contributed by atoms with Crippen LogP contribution in [-0.4, -0.2) is 96.7 Å². The highest BCUT2D eigenvalue weighted by Gasteiger charge is 2.30. The van der Waals surface area contributed by atoms with Crippen molar-refractivity contribution in [1.29, 1.82) is 0 Å². The van der Waals surface area contributed by atoms with Crippen molar-refractivity contribution < 1.29 is 80.2 Å². The van der Waals surface area contributed by atoms with E-state index in [4.69, 9.17) is 37.0 Å². The van der Waals surface area contributed by atoms with Gasteiger partial charge in [-0.15, -0.1) is 0 Å². The van der Waals surface area contributed by atoms with Gasteiger partial charge >= 0.3 is 39.5 Å². The quantitative estimate of drug-likeness (QED) is 0.0222. The minimum Gasteiger partial charge on any atom is -0.462 e. The largest absolute Gasteiger partial charge is 0.472 e. The van der Waals surface area contributed by atoms with Crippen molar-refractivity contribution in [2.24, 2.45) is 23.7 Å². The van der Waals surface area contributed by atoms with Crippen molar-refractivity contribution in [1.82, 2.24) is 0 Å². The van der Waals surface area contributed by atoms with Crippen molar-refractivity contribution in [3.8, 4) is 0 Å². The Morgan fingerprint density at radius 2 is 0.495 bits per heavy atom. The first-order chi connectivity index (χ1) is 46.6. The van der Waals surface area contributed by atoms with Gasteiger partial charge in [-0.3, -0.25) is 37.3 Å². The maximum Gasteiger partial charge on any atom is 0.472 e. The van der Waals surface area contributed by atoms with Crippen LogP contribution in [0.25, 0.3) is 0 Å². The Bertz CT molecular complexity index is 1900. The number of phosphoric acid groups is 2. The Hall–Kier alpha value is -1.94. The molecule has 0 aliphatic rings. The van der Waals surface area contributed by atoms with Gasteiger partial charge in [0.15, 0.2) is 12.2 Å². The minimum absolute atomic E-state index is 0.106. The van der Waals surface area contributed by atoms with Crippen LogP contribution in [0.1, 0.15) is 396 Å². The van der Waals surface area contributed by atoms with E-state index in [1.165, 1.54) is 199 Å². The number of aliphatic hydroxyl groups is 1. The third-order valence-corrected chi connectivity index (χ3v) is 20.3. The number of esters is 4. The van der Waals surface area contributed by atoms with Gasteiger partial charge in [-0.1, -0.05) is 344 Å². The second-order valence-electron chi connectivity index (χ2n) is 29.8. The Morgan fingerprint density at radius 1 is 0.289 bits per heavy atom. The molecule has 0 aliphatic heterocycles. The lowest BCUT2D eigenvalue weighted by molar-refractivity contribution is -0.161. The molecule has 0 heterocycles. The molecule has 0 aromatic carbocycles. The van der Waals surface area contributed by atoms with E-state index in [-0.39, 0.29) is 25.7 Å². The number of aliphatic hydroxyl groups excluding tert-OH is 1. The fourth-order valence-electron chi connectivity index (χ4n) is 11.9. The van der Waals surface area contributed by atoms with E-state index in [9.17, 15) is 43.2 Å². The summed E-state index contributed by atoms with van der Waals surface area (Å²) in [6.07, 6.45) is 52.5. The molecule has 0 aromatic rings. The third kappa shape index (κ3) is 70.9. The molecule has 0 aliphatic carbocycles.